The van der Waals surface area contributed by atoms with Crippen molar-refractivity contribution in [3.05, 3.63) is 53.6 Å². The Balaban J connectivity index is 1.46. The molecule has 34 heavy (non-hydrogen) atoms. The molecule has 7 nitrogen and oxygen atoms in total. The van der Waals surface area contributed by atoms with Crippen molar-refractivity contribution in [2.24, 2.45) is 0 Å². The van der Waals surface area contributed by atoms with Gasteiger partial charge in [0.1, 0.15) is 24.2 Å². The van der Waals surface area contributed by atoms with Crippen LogP contribution in [0, 0.1) is 11.6 Å². The highest BCUT2D eigenvalue weighted by atomic mass is 19.1. The van der Waals surface area contributed by atoms with Crippen LogP contribution in [-0.4, -0.2) is 54.8 Å². The molecule has 0 radical (unpaired) electrons. The summed E-state index contributed by atoms with van der Waals surface area (Å²) in [6, 6.07) is 7.71. The number of carbonyl (C=O) groups excluding carboxylic acids is 3. The molecule has 3 aliphatic rings. The van der Waals surface area contributed by atoms with Gasteiger partial charge in [-0.1, -0.05) is 0 Å². The fraction of sp³-hybridized carbons (Fsp3) is 0.400. The number of hydrogen-bond donors (Lipinski definition) is 1. The van der Waals surface area contributed by atoms with Crippen LogP contribution in [0.2, 0.25) is 0 Å². The van der Waals surface area contributed by atoms with Crippen LogP contribution in [0.1, 0.15) is 42.5 Å². The summed E-state index contributed by atoms with van der Waals surface area (Å²) in [5.74, 6) is -2.42. The summed E-state index contributed by atoms with van der Waals surface area (Å²) in [5, 5.41) is 2.37. The summed E-state index contributed by atoms with van der Waals surface area (Å²) >= 11 is 0. The van der Waals surface area contributed by atoms with Gasteiger partial charge in [0.2, 0.25) is 11.8 Å². The summed E-state index contributed by atoms with van der Waals surface area (Å²) in [6.45, 7) is 1.76. The van der Waals surface area contributed by atoms with Crippen LogP contribution in [0.15, 0.2) is 36.4 Å². The Morgan fingerprint density at radius 3 is 2.50 bits per heavy atom. The maximum Gasteiger partial charge on any atom is 0.253 e. The number of halogens is 2. The lowest BCUT2D eigenvalue weighted by atomic mass is 9.95. The fourth-order valence-electron chi connectivity index (χ4n) is 5.08. The van der Waals surface area contributed by atoms with E-state index in [1.165, 1.54) is 4.90 Å². The molecular weight excluding hydrogens is 442 g/mol. The molecule has 0 aliphatic carbocycles. The van der Waals surface area contributed by atoms with E-state index in [-0.39, 0.29) is 30.1 Å². The molecule has 3 amide bonds. The number of anilines is 3. The van der Waals surface area contributed by atoms with Crippen LogP contribution >= 0.6 is 0 Å². The van der Waals surface area contributed by atoms with E-state index in [1.807, 2.05) is 11.0 Å². The quantitative estimate of drug-likeness (QED) is 0.745. The zero-order valence-corrected chi connectivity index (χ0v) is 18.7. The Hall–Kier alpha value is -3.49. The monoisotopic (exact) mass is 468 g/mol. The van der Waals surface area contributed by atoms with Gasteiger partial charge in [-0.3, -0.25) is 19.3 Å². The van der Waals surface area contributed by atoms with Crippen LogP contribution in [0.4, 0.5) is 25.8 Å². The molecule has 178 valence electrons. The van der Waals surface area contributed by atoms with Crippen molar-refractivity contribution in [3.63, 3.8) is 0 Å². The maximum atomic E-state index is 14.0. The number of nitrogens with zero attached hydrogens (tertiary/aromatic N) is 3. The average Bonchev–Trinajstić information content (AvgIpc) is 3.38. The Morgan fingerprint density at radius 1 is 0.941 bits per heavy atom. The summed E-state index contributed by atoms with van der Waals surface area (Å²) in [4.78, 5) is 44.4. The van der Waals surface area contributed by atoms with Gasteiger partial charge in [0.25, 0.3) is 5.91 Å². The first-order valence-corrected chi connectivity index (χ1v) is 11.7. The van der Waals surface area contributed by atoms with Crippen molar-refractivity contribution in [2.75, 3.05) is 41.3 Å². The topological polar surface area (TPSA) is 73.0 Å². The zero-order chi connectivity index (χ0) is 23.8. The average molecular weight is 469 g/mol. The molecule has 2 aromatic carbocycles. The van der Waals surface area contributed by atoms with Gasteiger partial charge in [-0.2, -0.15) is 0 Å². The highest BCUT2D eigenvalue weighted by Gasteiger charge is 2.40. The van der Waals surface area contributed by atoms with Crippen LogP contribution in [0.3, 0.4) is 0 Å². The highest BCUT2D eigenvalue weighted by molar-refractivity contribution is 6.11. The maximum absolute atomic E-state index is 14.0. The second-order valence-corrected chi connectivity index (χ2v) is 9.00. The Morgan fingerprint density at radius 2 is 1.71 bits per heavy atom. The highest BCUT2D eigenvalue weighted by Crippen LogP contribution is 2.40. The number of rotatable bonds is 4. The minimum Gasteiger partial charge on any atom is -0.358 e. The first-order chi connectivity index (χ1) is 16.4. The first kappa shape index (κ1) is 22.3. The standard InChI is InChI=1S/C25H26F2N4O3/c26-17-7-8-18(27)19(14-17)28-23(32)15-31-22-13-16(24(33)29-10-3-4-11-29)6-9-20(22)30-12-2-1-5-21(30)25(31)34/h6-9,13-14,21H,1-5,10-12,15H2,(H,28,32)/t21-/m0/s1. The molecule has 2 aromatic rings. The molecule has 2 fully saturated rings. The van der Waals surface area contributed by atoms with Crippen LogP contribution in [-0.2, 0) is 9.59 Å². The second-order valence-electron chi connectivity index (χ2n) is 9.00. The Bertz CT molecular complexity index is 1150. The van der Waals surface area contributed by atoms with Gasteiger partial charge in [0.05, 0.1) is 17.1 Å². The van der Waals surface area contributed by atoms with Crippen molar-refractivity contribution in [1.82, 2.24) is 4.90 Å². The Kier molecular flexibility index (Phi) is 5.93. The number of hydrogen-bond acceptors (Lipinski definition) is 4. The van der Waals surface area contributed by atoms with E-state index in [0.29, 0.717) is 30.8 Å². The third kappa shape index (κ3) is 4.10. The smallest absolute Gasteiger partial charge is 0.253 e. The minimum absolute atomic E-state index is 0.0975. The third-order valence-electron chi connectivity index (χ3n) is 6.77. The molecule has 3 aliphatic heterocycles. The molecule has 0 aromatic heterocycles. The van der Waals surface area contributed by atoms with Crippen LogP contribution in [0.5, 0.6) is 0 Å². The predicted molar refractivity (Wildman–Crippen MR) is 124 cm³/mol. The molecule has 1 atom stereocenters. The first-order valence-electron chi connectivity index (χ1n) is 11.7. The van der Waals surface area contributed by atoms with Crippen molar-refractivity contribution in [3.8, 4) is 0 Å². The van der Waals surface area contributed by atoms with Crippen molar-refractivity contribution < 1.29 is 23.2 Å². The van der Waals surface area contributed by atoms with Gasteiger partial charge in [-0.15, -0.1) is 0 Å². The van der Waals surface area contributed by atoms with E-state index in [1.54, 1.807) is 17.0 Å². The van der Waals surface area contributed by atoms with Crippen molar-refractivity contribution >= 4 is 34.8 Å². The summed E-state index contributed by atoms with van der Waals surface area (Å²) in [5.41, 5.74) is 1.47. The molecule has 0 saturated carbocycles. The number of likely N-dealkylation sites (tertiary alicyclic amines) is 1. The van der Waals surface area contributed by atoms with E-state index in [0.717, 1.165) is 56.1 Å². The molecule has 2 saturated heterocycles. The number of fused-ring (bicyclic) bond motifs is 3. The lowest BCUT2D eigenvalue weighted by Crippen LogP contribution is -2.56. The molecule has 5 rings (SSSR count). The van der Waals surface area contributed by atoms with Gasteiger partial charge in [-0.05, 0) is 62.4 Å². The molecule has 0 bridgehead atoms. The van der Waals surface area contributed by atoms with Crippen molar-refractivity contribution in [2.45, 2.75) is 38.1 Å². The van der Waals surface area contributed by atoms with E-state index in [2.05, 4.69) is 5.32 Å². The number of amides is 3. The van der Waals surface area contributed by atoms with Gasteiger partial charge in [0.15, 0.2) is 0 Å². The molecular formula is C25H26F2N4O3. The summed E-state index contributed by atoms with van der Waals surface area (Å²) in [7, 11) is 0. The minimum atomic E-state index is -0.767. The summed E-state index contributed by atoms with van der Waals surface area (Å²) < 4.78 is 27.5. The second kappa shape index (κ2) is 9.04. The predicted octanol–water partition coefficient (Wildman–Crippen LogP) is 3.55. The van der Waals surface area contributed by atoms with Gasteiger partial charge < -0.3 is 15.1 Å². The largest absolute Gasteiger partial charge is 0.358 e. The molecule has 9 heteroatoms. The number of piperidine rings is 1. The molecule has 3 heterocycles. The fourth-order valence-corrected chi connectivity index (χ4v) is 5.08. The molecule has 0 spiro atoms. The van der Waals surface area contributed by atoms with Crippen LogP contribution < -0.4 is 15.1 Å². The van der Waals surface area contributed by atoms with Crippen molar-refractivity contribution in [1.29, 1.82) is 0 Å². The van der Waals surface area contributed by atoms with E-state index < -0.39 is 17.5 Å². The Labute approximate surface area is 196 Å². The third-order valence-corrected chi connectivity index (χ3v) is 6.77. The van der Waals surface area contributed by atoms with E-state index in [4.69, 9.17) is 0 Å². The van der Waals surface area contributed by atoms with Gasteiger partial charge >= 0.3 is 0 Å². The normalized spacial score (nSPS) is 19.6. The van der Waals surface area contributed by atoms with Crippen LogP contribution in [0.25, 0.3) is 0 Å². The SMILES string of the molecule is O=C(CN1C(=O)[C@@H]2CCCCN2c2ccc(C(=O)N3CCCC3)cc21)Nc1cc(F)ccc1F. The number of benzene rings is 2. The lowest BCUT2D eigenvalue weighted by Gasteiger charge is -2.45. The number of nitrogens with one attached hydrogen (secondary N) is 1. The van der Waals surface area contributed by atoms with Gasteiger partial charge in [0, 0.05) is 31.3 Å². The van der Waals surface area contributed by atoms with Gasteiger partial charge in [-0.25, -0.2) is 8.78 Å². The lowest BCUT2D eigenvalue weighted by molar-refractivity contribution is -0.123. The molecule has 1 N–H and O–H groups in total. The van der Waals surface area contributed by atoms with E-state index >= 15 is 0 Å². The summed E-state index contributed by atoms with van der Waals surface area (Å²) in [6.07, 6.45) is 4.46. The zero-order valence-electron chi connectivity index (χ0n) is 18.7. The molecule has 0 unspecified atom stereocenters. The van der Waals surface area contributed by atoms with E-state index in [9.17, 15) is 23.2 Å². The number of carbonyl (C=O) groups is 3.